The van der Waals surface area contributed by atoms with E-state index in [9.17, 15) is 13.2 Å². The van der Waals surface area contributed by atoms with E-state index < -0.39 is 10.0 Å². The molecular formula is C15H22N4O3S. The van der Waals surface area contributed by atoms with E-state index in [4.69, 9.17) is 0 Å². The number of rotatable bonds is 3. The zero-order valence-electron chi connectivity index (χ0n) is 13.2. The number of hydrogen-bond acceptors (Lipinski definition) is 5. The van der Waals surface area contributed by atoms with Gasteiger partial charge in [-0.05, 0) is 43.5 Å². The van der Waals surface area contributed by atoms with E-state index in [-0.39, 0.29) is 22.9 Å². The molecule has 0 aromatic rings. The molecule has 3 rings (SSSR count). The molecule has 2 N–H and O–H groups in total. The lowest BCUT2D eigenvalue weighted by Gasteiger charge is -2.34. The number of sulfonamides is 1. The maximum atomic E-state index is 12.5. The van der Waals surface area contributed by atoms with Gasteiger partial charge in [-0.15, -0.1) is 4.40 Å². The SMILES string of the molecule is CC1(CNC(=O)C2=CC=CN3CCS(=O)(=O)N=C23)CCNCC1. The molecule has 3 aliphatic rings. The van der Waals surface area contributed by atoms with Gasteiger partial charge in [0.25, 0.3) is 15.9 Å². The lowest BCUT2D eigenvalue weighted by Crippen LogP contribution is -2.46. The van der Waals surface area contributed by atoms with Crippen LogP contribution in [0.2, 0.25) is 0 Å². The second-order valence-electron chi connectivity index (χ2n) is 6.56. The fourth-order valence-electron chi connectivity index (χ4n) is 2.99. The number of amides is 1. The van der Waals surface area contributed by atoms with Crippen molar-refractivity contribution < 1.29 is 13.2 Å². The zero-order chi connectivity index (χ0) is 16.5. The summed E-state index contributed by atoms with van der Waals surface area (Å²) < 4.78 is 27.2. The Kier molecular flexibility index (Phi) is 4.29. The van der Waals surface area contributed by atoms with Crippen molar-refractivity contribution in [1.29, 1.82) is 0 Å². The Hall–Kier alpha value is -1.67. The van der Waals surface area contributed by atoms with Crippen molar-refractivity contribution in [2.45, 2.75) is 19.8 Å². The Morgan fingerprint density at radius 2 is 2.17 bits per heavy atom. The number of fused-ring (bicyclic) bond motifs is 1. The largest absolute Gasteiger partial charge is 0.351 e. The summed E-state index contributed by atoms with van der Waals surface area (Å²) in [6.45, 7) is 4.98. The summed E-state index contributed by atoms with van der Waals surface area (Å²) in [6, 6.07) is 0. The third kappa shape index (κ3) is 3.64. The second kappa shape index (κ2) is 6.09. The van der Waals surface area contributed by atoms with Crippen LogP contribution in [-0.4, -0.2) is 57.0 Å². The Morgan fingerprint density at radius 3 is 2.91 bits per heavy atom. The van der Waals surface area contributed by atoms with Gasteiger partial charge in [-0.25, -0.2) is 8.42 Å². The van der Waals surface area contributed by atoms with Crippen LogP contribution in [0.1, 0.15) is 19.8 Å². The number of nitrogens with one attached hydrogen (secondary N) is 2. The maximum absolute atomic E-state index is 12.5. The molecule has 0 unspecified atom stereocenters. The predicted molar refractivity (Wildman–Crippen MR) is 88.4 cm³/mol. The predicted octanol–water partition coefficient (Wildman–Crippen LogP) is -0.0101. The Bertz CT molecular complexity index is 688. The van der Waals surface area contributed by atoms with Crippen molar-refractivity contribution >= 4 is 21.8 Å². The molecule has 3 aliphatic heterocycles. The first-order chi connectivity index (χ1) is 10.9. The van der Waals surface area contributed by atoms with Crippen molar-refractivity contribution in [1.82, 2.24) is 15.5 Å². The normalized spacial score (nSPS) is 25.2. The third-order valence-corrected chi connectivity index (χ3v) is 5.74. The average molecular weight is 338 g/mol. The zero-order valence-corrected chi connectivity index (χ0v) is 14.0. The lowest BCUT2D eigenvalue weighted by molar-refractivity contribution is -0.117. The number of piperidine rings is 1. The third-order valence-electron chi connectivity index (χ3n) is 4.59. The van der Waals surface area contributed by atoms with Gasteiger partial charge in [0.1, 0.15) is 0 Å². The van der Waals surface area contributed by atoms with Gasteiger partial charge in [-0.1, -0.05) is 6.92 Å². The van der Waals surface area contributed by atoms with Crippen LogP contribution in [-0.2, 0) is 14.8 Å². The van der Waals surface area contributed by atoms with Crippen LogP contribution in [0.4, 0.5) is 0 Å². The van der Waals surface area contributed by atoms with Gasteiger partial charge in [0.15, 0.2) is 5.84 Å². The fourth-order valence-corrected chi connectivity index (χ4v) is 3.97. The highest BCUT2D eigenvalue weighted by atomic mass is 32.2. The number of allylic oxidation sites excluding steroid dienone is 2. The fraction of sp³-hybridized carbons (Fsp3) is 0.600. The molecule has 0 atom stereocenters. The standard InChI is InChI=1S/C15H22N4O3S/c1-15(4-6-16-7-5-15)11-17-14(20)12-3-2-8-19-9-10-23(21,22)18-13(12)19/h2-3,8,16H,4-7,9-11H2,1H3,(H,17,20). The molecular weight excluding hydrogens is 316 g/mol. The van der Waals surface area contributed by atoms with Crippen LogP contribution in [0.25, 0.3) is 0 Å². The smallest absolute Gasteiger partial charge is 0.256 e. The number of amidine groups is 1. The van der Waals surface area contributed by atoms with Crippen molar-refractivity contribution in [3.63, 3.8) is 0 Å². The van der Waals surface area contributed by atoms with E-state index in [0.29, 0.717) is 18.7 Å². The van der Waals surface area contributed by atoms with E-state index in [1.165, 1.54) is 0 Å². The van der Waals surface area contributed by atoms with Crippen LogP contribution in [0.3, 0.4) is 0 Å². The van der Waals surface area contributed by atoms with Gasteiger partial charge in [0, 0.05) is 19.3 Å². The lowest BCUT2D eigenvalue weighted by atomic mass is 9.81. The highest BCUT2D eigenvalue weighted by Gasteiger charge is 2.32. The highest BCUT2D eigenvalue weighted by molar-refractivity contribution is 7.90. The molecule has 8 heteroatoms. The van der Waals surface area contributed by atoms with Gasteiger partial charge >= 0.3 is 0 Å². The summed E-state index contributed by atoms with van der Waals surface area (Å²) in [5.41, 5.74) is 0.389. The summed E-state index contributed by atoms with van der Waals surface area (Å²) in [4.78, 5) is 14.2. The Morgan fingerprint density at radius 1 is 1.43 bits per heavy atom. The molecule has 1 fully saturated rings. The van der Waals surface area contributed by atoms with Crippen molar-refractivity contribution in [2.75, 3.05) is 31.9 Å². The molecule has 126 valence electrons. The molecule has 23 heavy (non-hydrogen) atoms. The van der Waals surface area contributed by atoms with E-state index >= 15 is 0 Å². The van der Waals surface area contributed by atoms with Gasteiger partial charge in [0.05, 0.1) is 11.3 Å². The molecule has 0 spiro atoms. The van der Waals surface area contributed by atoms with Gasteiger partial charge in [-0.3, -0.25) is 4.79 Å². The van der Waals surface area contributed by atoms with E-state index in [2.05, 4.69) is 22.0 Å². The molecule has 0 saturated carbocycles. The summed E-state index contributed by atoms with van der Waals surface area (Å²) >= 11 is 0. The minimum absolute atomic E-state index is 0.0270. The molecule has 0 bridgehead atoms. The summed E-state index contributed by atoms with van der Waals surface area (Å²) in [5.74, 6) is -0.0671. The van der Waals surface area contributed by atoms with Crippen LogP contribution in [0.15, 0.2) is 28.3 Å². The molecule has 1 amide bonds. The molecule has 0 aliphatic carbocycles. The number of carbonyl (C=O) groups excluding carboxylic acids is 1. The van der Waals surface area contributed by atoms with Gasteiger partial charge in [0.2, 0.25) is 0 Å². The first-order valence-corrected chi connectivity index (χ1v) is 9.47. The summed E-state index contributed by atoms with van der Waals surface area (Å²) in [7, 11) is -3.48. The summed E-state index contributed by atoms with van der Waals surface area (Å²) in [5, 5.41) is 6.26. The highest BCUT2D eigenvalue weighted by Crippen LogP contribution is 2.27. The summed E-state index contributed by atoms with van der Waals surface area (Å²) in [6.07, 6.45) is 7.13. The number of hydrogen-bond donors (Lipinski definition) is 2. The van der Waals surface area contributed by atoms with Crippen LogP contribution >= 0.6 is 0 Å². The van der Waals surface area contributed by atoms with Crippen molar-refractivity contribution in [2.24, 2.45) is 9.81 Å². The quantitative estimate of drug-likeness (QED) is 0.755. The van der Waals surface area contributed by atoms with E-state index in [1.807, 2.05) is 0 Å². The first kappa shape index (κ1) is 16.2. The number of carbonyl (C=O) groups is 1. The molecule has 1 saturated heterocycles. The van der Waals surface area contributed by atoms with Gasteiger partial charge < -0.3 is 15.5 Å². The van der Waals surface area contributed by atoms with Crippen molar-refractivity contribution in [3.8, 4) is 0 Å². The molecule has 0 aromatic heterocycles. The minimum Gasteiger partial charge on any atom is -0.351 e. The molecule has 7 nitrogen and oxygen atoms in total. The van der Waals surface area contributed by atoms with Gasteiger partial charge in [-0.2, -0.15) is 0 Å². The molecule has 0 aromatic carbocycles. The van der Waals surface area contributed by atoms with E-state index in [1.54, 1.807) is 23.3 Å². The monoisotopic (exact) mass is 338 g/mol. The van der Waals surface area contributed by atoms with Crippen molar-refractivity contribution in [3.05, 3.63) is 23.9 Å². The maximum Gasteiger partial charge on any atom is 0.256 e. The second-order valence-corrected chi connectivity index (χ2v) is 8.31. The first-order valence-electron chi connectivity index (χ1n) is 7.86. The topological polar surface area (TPSA) is 90.9 Å². The van der Waals surface area contributed by atoms with E-state index in [0.717, 1.165) is 25.9 Å². The number of nitrogens with zero attached hydrogens (tertiary/aromatic N) is 2. The minimum atomic E-state index is -3.48. The van der Waals surface area contributed by atoms with Crippen LogP contribution < -0.4 is 10.6 Å². The van der Waals surface area contributed by atoms with Crippen LogP contribution in [0, 0.1) is 5.41 Å². The average Bonchev–Trinajstić information content (AvgIpc) is 2.52. The van der Waals surface area contributed by atoms with Crippen LogP contribution in [0.5, 0.6) is 0 Å². The Balaban J connectivity index is 1.72. The molecule has 3 heterocycles. The molecule has 0 radical (unpaired) electrons. The Labute approximate surface area is 136 Å².